The van der Waals surface area contributed by atoms with Crippen LogP contribution >= 0.6 is 0 Å². The van der Waals surface area contributed by atoms with Gasteiger partial charge in [-0.3, -0.25) is 14.5 Å². The fourth-order valence-electron chi connectivity index (χ4n) is 4.49. The van der Waals surface area contributed by atoms with Gasteiger partial charge in [0.15, 0.2) is 17.3 Å². The molecule has 1 aromatic heterocycles. The second-order valence-electron chi connectivity index (χ2n) is 8.88. The van der Waals surface area contributed by atoms with Crippen LogP contribution in [0.1, 0.15) is 34.4 Å². The molecule has 0 atom stereocenters. The van der Waals surface area contributed by atoms with E-state index in [0.29, 0.717) is 45.0 Å². The summed E-state index contributed by atoms with van der Waals surface area (Å²) in [4.78, 5) is 30.3. The first-order valence-electron chi connectivity index (χ1n) is 11.8. The molecule has 2 amide bonds. The van der Waals surface area contributed by atoms with E-state index in [1.807, 2.05) is 42.5 Å². The molecule has 0 bridgehead atoms. The summed E-state index contributed by atoms with van der Waals surface area (Å²) >= 11 is 0. The molecule has 0 aliphatic carbocycles. The summed E-state index contributed by atoms with van der Waals surface area (Å²) in [5.41, 5.74) is 2.30. The lowest BCUT2D eigenvalue weighted by atomic mass is 10.1. The summed E-state index contributed by atoms with van der Waals surface area (Å²) in [6, 6.07) is 19.9. The number of nitrogens with zero attached hydrogens (tertiary/aromatic N) is 3. The molecule has 2 aromatic carbocycles. The van der Waals surface area contributed by atoms with Gasteiger partial charge in [-0.15, -0.1) is 0 Å². The van der Waals surface area contributed by atoms with Crippen molar-refractivity contribution in [2.24, 2.45) is 0 Å². The minimum atomic E-state index is -0.134. The predicted molar refractivity (Wildman–Crippen MR) is 129 cm³/mol. The predicted octanol–water partition coefficient (Wildman–Crippen LogP) is 3.52. The first-order chi connectivity index (χ1) is 17.0. The minimum absolute atomic E-state index is 0.0401. The van der Waals surface area contributed by atoms with Crippen molar-refractivity contribution in [3.63, 3.8) is 0 Å². The normalized spacial score (nSPS) is 15.0. The maximum absolute atomic E-state index is 13.0. The van der Waals surface area contributed by atoms with E-state index in [0.717, 1.165) is 29.4 Å². The Morgan fingerprint density at radius 2 is 1.51 bits per heavy atom. The molecule has 3 heterocycles. The summed E-state index contributed by atoms with van der Waals surface area (Å²) in [6.07, 6.45) is 0. The van der Waals surface area contributed by atoms with Gasteiger partial charge in [-0.1, -0.05) is 36.4 Å². The smallest absolute Gasteiger partial charge is 0.289 e. The lowest BCUT2D eigenvalue weighted by Crippen LogP contribution is -2.50. The topological polar surface area (TPSA) is 75.5 Å². The number of benzene rings is 2. The quantitative estimate of drug-likeness (QED) is 0.521. The Morgan fingerprint density at radius 3 is 2.29 bits per heavy atom. The van der Waals surface area contributed by atoms with E-state index in [-0.39, 0.29) is 18.6 Å². The Hall–Kier alpha value is -3.78. The molecule has 0 spiro atoms. The summed E-state index contributed by atoms with van der Waals surface area (Å²) in [5.74, 6) is 2.49. The van der Waals surface area contributed by atoms with Crippen LogP contribution in [-0.4, -0.2) is 59.5 Å². The Bertz CT molecular complexity index is 1180. The fraction of sp³-hybridized carbons (Fsp3) is 0.333. The highest BCUT2D eigenvalue weighted by Gasteiger charge is 2.25. The largest absolute Gasteiger partial charge is 0.455 e. The van der Waals surface area contributed by atoms with E-state index in [2.05, 4.69) is 17.0 Å². The molecule has 1 fully saturated rings. The molecule has 1 saturated heterocycles. The fourth-order valence-corrected chi connectivity index (χ4v) is 4.49. The number of piperazine rings is 1. The number of carbonyl (C=O) groups excluding carboxylic acids is 2. The van der Waals surface area contributed by atoms with Crippen LogP contribution < -0.4 is 9.47 Å². The third-order valence-corrected chi connectivity index (χ3v) is 6.36. The molecule has 5 rings (SSSR count). The van der Waals surface area contributed by atoms with Gasteiger partial charge >= 0.3 is 0 Å². The van der Waals surface area contributed by atoms with Gasteiger partial charge < -0.3 is 23.7 Å². The second kappa shape index (κ2) is 10.2. The van der Waals surface area contributed by atoms with Crippen molar-refractivity contribution in [1.82, 2.24) is 14.7 Å². The average molecular weight is 476 g/mol. The van der Waals surface area contributed by atoms with Crippen LogP contribution in [0.15, 0.2) is 65.1 Å². The number of carbonyl (C=O) groups is 2. The summed E-state index contributed by atoms with van der Waals surface area (Å²) in [6.45, 7) is 5.89. The molecular weight excluding hydrogens is 446 g/mol. The van der Waals surface area contributed by atoms with Gasteiger partial charge in [0.05, 0.1) is 6.54 Å². The molecule has 0 radical (unpaired) electrons. The number of hydrogen-bond donors (Lipinski definition) is 0. The molecule has 182 valence electrons. The van der Waals surface area contributed by atoms with E-state index in [1.165, 1.54) is 5.56 Å². The number of hydrogen-bond acceptors (Lipinski definition) is 6. The van der Waals surface area contributed by atoms with Crippen LogP contribution in [0.3, 0.4) is 0 Å². The molecule has 35 heavy (non-hydrogen) atoms. The zero-order valence-corrected chi connectivity index (χ0v) is 19.8. The van der Waals surface area contributed by atoms with Gasteiger partial charge in [0, 0.05) is 46.2 Å². The lowest BCUT2D eigenvalue weighted by Gasteiger charge is -2.33. The standard InChI is InChI=1S/C27H29N3O5/c1-20(31)29-11-13-30(14-12-29)27(32)25-10-8-23(35-25)18-28(16-21-5-3-2-4-6-21)17-22-7-9-24-26(15-22)34-19-33-24/h2-10,15H,11-14,16-19H2,1H3. The monoisotopic (exact) mass is 475 g/mol. The van der Waals surface area contributed by atoms with Crippen LogP contribution in [0.2, 0.25) is 0 Å². The molecular formula is C27H29N3O5. The number of amides is 2. The number of ether oxygens (including phenoxy) is 2. The average Bonchev–Trinajstić information content (AvgIpc) is 3.53. The van der Waals surface area contributed by atoms with Crippen molar-refractivity contribution < 1.29 is 23.5 Å². The van der Waals surface area contributed by atoms with Gasteiger partial charge in [-0.2, -0.15) is 0 Å². The van der Waals surface area contributed by atoms with Gasteiger partial charge in [-0.05, 0) is 35.4 Å². The Balaban J connectivity index is 1.27. The highest BCUT2D eigenvalue weighted by molar-refractivity contribution is 5.91. The van der Waals surface area contributed by atoms with Gasteiger partial charge in [0.1, 0.15) is 5.76 Å². The molecule has 2 aliphatic rings. The van der Waals surface area contributed by atoms with E-state index >= 15 is 0 Å². The van der Waals surface area contributed by atoms with E-state index in [9.17, 15) is 9.59 Å². The van der Waals surface area contributed by atoms with E-state index < -0.39 is 0 Å². The third-order valence-electron chi connectivity index (χ3n) is 6.36. The highest BCUT2D eigenvalue weighted by atomic mass is 16.7. The maximum atomic E-state index is 13.0. The van der Waals surface area contributed by atoms with Gasteiger partial charge in [0.2, 0.25) is 12.7 Å². The molecule has 8 heteroatoms. The van der Waals surface area contributed by atoms with Crippen LogP contribution in [0.5, 0.6) is 11.5 Å². The van der Waals surface area contributed by atoms with Crippen molar-refractivity contribution in [3.05, 3.63) is 83.3 Å². The molecule has 0 saturated carbocycles. The summed E-state index contributed by atoms with van der Waals surface area (Å²) < 4.78 is 17.0. The zero-order chi connectivity index (χ0) is 24.2. The first-order valence-corrected chi connectivity index (χ1v) is 11.8. The lowest BCUT2D eigenvalue weighted by molar-refractivity contribution is -0.130. The van der Waals surface area contributed by atoms with E-state index in [1.54, 1.807) is 22.8 Å². The van der Waals surface area contributed by atoms with Crippen LogP contribution in [-0.2, 0) is 24.4 Å². The number of furan rings is 1. The molecule has 3 aromatic rings. The first kappa shape index (κ1) is 23.0. The summed E-state index contributed by atoms with van der Waals surface area (Å²) in [5, 5.41) is 0. The van der Waals surface area contributed by atoms with Crippen LogP contribution in [0.25, 0.3) is 0 Å². The van der Waals surface area contributed by atoms with Crippen molar-refractivity contribution in [2.45, 2.75) is 26.6 Å². The molecule has 2 aliphatic heterocycles. The van der Waals surface area contributed by atoms with Crippen LogP contribution in [0.4, 0.5) is 0 Å². The molecule has 8 nitrogen and oxygen atoms in total. The maximum Gasteiger partial charge on any atom is 0.289 e. The zero-order valence-electron chi connectivity index (χ0n) is 19.8. The van der Waals surface area contributed by atoms with E-state index in [4.69, 9.17) is 13.9 Å². The van der Waals surface area contributed by atoms with Crippen molar-refractivity contribution >= 4 is 11.8 Å². The highest BCUT2D eigenvalue weighted by Crippen LogP contribution is 2.33. The van der Waals surface area contributed by atoms with Crippen molar-refractivity contribution in [3.8, 4) is 11.5 Å². The van der Waals surface area contributed by atoms with Crippen LogP contribution in [0, 0.1) is 0 Å². The Kier molecular flexibility index (Phi) is 6.72. The number of rotatable bonds is 7. The third kappa shape index (κ3) is 5.49. The van der Waals surface area contributed by atoms with Gasteiger partial charge in [0.25, 0.3) is 5.91 Å². The van der Waals surface area contributed by atoms with Crippen molar-refractivity contribution in [2.75, 3.05) is 33.0 Å². The Morgan fingerprint density at radius 1 is 0.800 bits per heavy atom. The minimum Gasteiger partial charge on any atom is -0.455 e. The molecule has 0 N–H and O–H groups in total. The Labute approximate surface area is 204 Å². The SMILES string of the molecule is CC(=O)N1CCN(C(=O)c2ccc(CN(Cc3ccccc3)Cc3ccc4c(c3)OCO4)o2)CC1. The van der Waals surface area contributed by atoms with Gasteiger partial charge in [-0.25, -0.2) is 0 Å². The second-order valence-corrected chi connectivity index (χ2v) is 8.88. The number of fused-ring (bicyclic) bond motifs is 1. The molecule has 0 unspecified atom stereocenters. The summed E-state index contributed by atoms with van der Waals surface area (Å²) in [7, 11) is 0. The van der Waals surface area contributed by atoms with Crippen molar-refractivity contribution in [1.29, 1.82) is 0 Å².